The monoisotopic (exact) mass is 272 g/mol. The quantitative estimate of drug-likeness (QED) is 0.890. The van der Waals surface area contributed by atoms with Crippen LogP contribution in [0.1, 0.15) is 22.7 Å². The third-order valence-corrected chi connectivity index (χ3v) is 3.64. The molecule has 0 aromatic heterocycles. The largest absolute Gasteiger partial charge is 0.408 e. The van der Waals surface area contributed by atoms with Crippen molar-refractivity contribution in [2.45, 2.75) is 26.1 Å². The normalized spacial score (nSPS) is 19.4. The first-order valence-electron chi connectivity index (χ1n) is 6.49. The summed E-state index contributed by atoms with van der Waals surface area (Å²) in [7, 11) is 0. The summed E-state index contributed by atoms with van der Waals surface area (Å²) in [5.74, 6) is 0. The van der Waals surface area contributed by atoms with E-state index in [0.717, 1.165) is 0 Å². The number of hydrogen-bond acceptors (Lipinski definition) is 2. The molecule has 1 fully saturated rings. The summed E-state index contributed by atoms with van der Waals surface area (Å²) in [4.78, 5) is 1.53. The number of nitrogens with zero attached hydrogens (tertiary/aromatic N) is 1. The van der Waals surface area contributed by atoms with Crippen LogP contribution >= 0.6 is 0 Å². The molecule has 1 saturated heterocycles. The first kappa shape index (κ1) is 14.3. The van der Waals surface area contributed by atoms with Crippen LogP contribution < -0.4 is 5.32 Å². The van der Waals surface area contributed by atoms with Crippen LogP contribution in [-0.2, 0) is 0 Å². The minimum atomic E-state index is -4.24. The van der Waals surface area contributed by atoms with E-state index in [0.29, 0.717) is 42.9 Å². The Bertz CT molecular complexity index is 417. The third-order valence-electron chi connectivity index (χ3n) is 3.64. The van der Waals surface area contributed by atoms with Crippen molar-refractivity contribution in [3.05, 3.63) is 34.9 Å². The average molecular weight is 272 g/mol. The molecule has 1 aromatic rings. The average Bonchev–Trinajstić information content (AvgIpc) is 2.33. The van der Waals surface area contributed by atoms with Gasteiger partial charge in [-0.25, -0.2) is 0 Å². The maximum absolute atomic E-state index is 13.5. The van der Waals surface area contributed by atoms with E-state index in [4.69, 9.17) is 0 Å². The Morgan fingerprint density at radius 2 is 1.63 bits per heavy atom. The lowest BCUT2D eigenvalue weighted by atomic mass is 9.94. The van der Waals surface area contributed by atoms with Crippen molar-refractivity contribution >= 4 is 0 Å². The van der Waals surface area contributed by atoms with E-state index in [-0.39, 0.29) is 0 Å². The Kier molecular flexibility index (Phi) is 4.16. The number of aryl methyl sites for hydroxylation is 2. The zero-order valence-corrected chi connectivity index (χ0v) is 11.2. The van der Waals surface area contributed by atoms with Gasteiger partial charge in [-0.2, -0.15) is 13.2 Å². The maximum Gasteiger partial charge on any atom is 0.408 e. The van der Waals surface area contributed by atoms with E-state index < -0.39 is 12.2 Å². The van der Waals surface area contributed by atoms with Crippen LogP contribution in [0, 0.1) is 13.8 Å². The predicted octanol–water partition coefficient (Wildman–Crippen LogP) is 2.81. The van der Waals surface area contributed by atoms with E-state index >= 15 is 0 Å². The molecule has 0 bridgehead atoms. The minimum Gasteiger partial charge on any atom is -0.314 e. The van der Waals surface area contributed by atoms with E-state index in [1.54, 1.807) is 32.0 Å². The van der Waals surface area contributed by atoms with E-state index in [1.807, 2.05) is 0 Å². The van der Waals surface area contributed by atoms with Gasteiger partial charge in [0.1, 0.15) is 6.04 Å². The molecule has 106 valence electrons. The standard InChI is InChI=1S/C14H19F3N2/c1-10-4-3-5-11(2)12(10)13(14(15,16)17)19-8-6-18-7-9-19/h3-5,13,18H,6-9H2,1-2H3/t13-/m1/s1. The molecule has 1 N–H and O–H groups in total. The fourth-order valence-corrected chi connectivity index (χ4v) is 2.75. The maximum atomic E-state index is 13.5. The lowest BCUT2D eigenvalue weighted by molar-refractivity contribution is -0.188. The van der Waals surface area contributed by atoms with Gasteiger partial charge in [-0.05, 0) is 30.5 Å². The van der Waals surface area contributed by atoms with Gasteiger partial charge in [0.05, 0.1) is 0 Å². The highest BCUT2D eigenvalue weighted by molar-refractivity contribution is 5.37. The van der Waals surface area contributed by atoms with Crippen LogP contribution in [0.25, 0.3) is 0 Å². The Morgan fingerprint density at radius 1 is 1.11 bits per heavy atom. The number of hydrogen-bond donors (Lipinski definition) is 1. The highest BCUT2D eigenvalue weighted by Crippen LogP contribution is 2.40. The lowest BCUT2D eigenvalue weighted by Crippen LogP contribution is -2.49. The summed E-state index contributed by atoms with van der Waals surface area (Å²) in [6.07, 6.45) is -4.24. The van der Waals surface area contributed by atoms with Crippen molar-refractivity contribution in [2.75, 3.05) is 26.2 Å². The van der Waals surface area contributed by atoms with Crippen molar-refractivity contribution in [1.82, 2.24) is 10.2 Å². The van der Waals surface area contributed by atoms with Gasteiger partial charge in [0.15, 0.2) is 0 Å². The van der Waals surface area contributed by atoms with Gasteiger partial charge in [-0.15, -0.1) is 0 Å². The lowest BCUT2D eigenvalue weighted by Gasteiger charge is -2.37. The van der Waals surface area contributed by atoms with Gasteiger partial charge in [-0.3, -0.25) is 4.90 Å². The topological polar surface area (TPSA) is 15.3 Å². The molecular weight excluding hydrogens is 253 g/mol. The molecule has 0 aliphatic carbocycles. The van der Waals surface area contributed by atoms with Gasteiger partial charge >= 0.3 is 6.18 Å². The smallest absolute Gasteiger partial charge is 0.314 e. The molecule has 0 amide bonds. The second kappa shape index (κ2) is 5.51. The molecule has 2 rings (SSSR count). The minimum absolute atomic E-state index is 0.414. The molecule has 1 atom stereocenters. The molecule has 19 heavy (non-hydrogen) atoms. The van der Waals surface area contributed by atoms with Crippen LogP contribution in [0.5, 0.6) is 0 Å². The molecule has 1 aliphatic rings. The second-order valence-corrected chi connectivity index (χ2v) is 5.04. The Balaban J connectivity index is 2.43. The predicted molar refractivity (Wildman–Crippen MR) is 69.2 cm³/mol. The van der Waals surface area contributed by atoms with Gasteiger partial charge in [0.2, 0.25) is 0 Å². The van der Waals surface area contributed by atoms with E-state index in [2.05, 4.69) is 5.32 Å². The Morgan fingerprint density at radius 3 is 2.11 bits per heavy atom. The third kappa shape index (κ3) is 3.09. The van der Waals surface area contributed by atoms with Gasteiger partial charge < -0.3 is 5.32 Å². The first-order chi connectivity index (χ1) is 8.91. The van der Waals surface area contributed by atoms with Crippen molar-refractivity contribution < 1.29 is 13.2 Å². The van der Waals surface area contributed by atoms with E-state index in [1.165, 1.54) is 4.90 Å². The summed E-state index contributed by atoms with van der Waals surface area (Å²) >= 11 is 0. The Hall–Kier alpha value is -1.07. The zero-order chi connectivity index (χ0) is 14.0. The first-order valence-corrected chi connectivity index (χ1v) is 6.49. The van der Waals surface area contributed by atoms with Gasteiger partial charge in [0, 0.05) is 26.2 Å². The molecule has 1 aromatic carbocycles. The van der Waals surface area contributed by atoms with E-state index in [9.17, 15) is 13.2 Å². The van der Waals surface area contributed by atoms with Crippen LogP contribution in [0.15, 0.2) is 18.2 Å². The van der Waals surface area contributed by atoms with Crippen LogP contribution in [0.3, 0.4) is 0 Å². The SMILES string of the molecule is Cc1cccc(C)c1[C@@H](N1CCNCC1)C(F)(F)F. The van der Waals surface area contributed by atoms with Gasteiger partial charge in [0.25, 0.3) is 0 Å². The van der Waals surface area contributed by atoms with Crippen molar-refractivity contribution in [3.8, 4) is 0 Å². The number of rotatable bonds is 2. The molecule has 1 heterocycles. The van der Waals surface area contributed by atoms with Crippen LogP contribution in [0.4, 0.5) is 13.2 Å². The number of piperazine rings is 1. The molecule has 2 nitrogen and oxygen atoms in total. The number of halogens is 3. The van der Waals surface area contributed by atoms with Crippen LogP contribution in [-0.4, -0.2) is 37.3 Å². The van der Waals surface area contributed by atoms with Gasteiger partial charge in [-0.1, -0.05) is 18.2 Å². The molecule has 0 radical (unpaired) electrons. The summed E-state index contributed by atoms with van der Waals surface area (Å²) < 4.78 is 40.5. The summed E-state index contributed by atoms with van der Waals surface area (Å²) in [6, 6.07) is 3.82. The summed E-state index contributed by atoms with van der Waals surface area (Å²) in [5, 5.41) is 3.09. The Labute approximate surface area is 111 Å². The number of benzene rings is 1. The zero-order valence-electron chi connectivity index (χ0n) is 11.2. The molecule has 5 heteroatoms. The molecular formula is C14H19F3N2. The fraction of sp³-hybridized carbons (Fsp3) is 0.571. The van der Waals surface area contributed by atoms with Crippen LogP contribution in [0.2, 0.25) is 0 Å². The highest BCUT2D eigenvalue weighted by Gasteiger charge is 2.45. The summed E-state index contributed by atoms with van der Waals surface area (Å²) in [5.41, 5.74) is 1.83. The van der Waals surface area contributed by atoms with Crippen molar-refractivity contribution in [2.24, 2.45) is 0 Å². The second-order valence-electron chi connectivity index (χ2n) is 5.04. The molecule has 0 saturated carbocycles. The molecule has 0 spiro atoms. The van der Waals surface area contributed by atoms with Crippen molar-refractivity contribution in [3.63, 3.8) is 0 Å². The fourth-order valence-electron chi connectivity index (χ4n) is 2.75. The summed E-state index contributed by atoms with van der Waals surface area (Å²) in [6.45, 7) is 5.58. The number of alkyl halides is 3. The highest BCUT2D eigenvalue weighted by atomic mass is 19.4. The van der Waals surface area contributed by atoms with Crippen molar-refractivity contribution in [1.29, 1.82) is 0 Å². The molecule has 0 unspecified atom stereocenters. The molecule has 1 aliphatic heterocycles. The number of nitrogens with one attached hydrogen (secondary N) is 1.